The summed E-state index contributed by atoms with van der Waals surface area (Å²) in [6.45, 7) is 2.20. The fourth-order valence-corrected chi connectivity index (χ4v) is 3.69. The Balaban J connectivity index is 2.24. The normalized spacial score (nSPS) is 34.2. The molecule has 2 atom stereocenters. The maximum atomic E-state index is 8.34. The van der Waals surface area contributed by atoms with Crippen LogP contribution in [0, 0.1) is 11.3 Å². The monoisotopic (exact) mass is 159 g/mol. The molecule has 0 aromatic rings. The summed E-state index contributed by atoms with van der Waals surface area (Å²) in [5.41, 5.74) is 0. The zero-order valence-corrected chi connectivity index (χ0v) is 6.97. The molecule has 1 aliphatic rings. The summed E-state index contributed by atoms with van der Waals surface area (Å²) in [5, 5.41) is 8.95. The SMILES string of the molecule is CC1SCC(CC#N)S1. The summed E-state index contributed by atoms with van der Waals surface area (Å²) in [6.07, 6.45) is 0.724. The first-order valence-corrected chi connectivity index (χ1v) is 4.96. The van der Waals surface area contributed by atoms with Gasteiger partial charge < -0.3 is 0 Å². The van der Waals surface area contributed by atoms with Crippen LogP contribution in [0.25, 0.3) is 0 Å². The van der Waals surface area contributed by atoms with Crippen LogP contribution in [0.3, 0.4) is 0 Å². The van der Waals surface area contributed by atoms with Crippen molar-refractivity contribution in [2.75, 3.05) is 5.75 Å². The maximum absolute atomic E-state index is 8.34. The van der Waals surface area contributed by atoms with Gasteiger partial charge in [-0.25, -0.2) is 0 Å². The Morgan fingerprint density at radius 2 is 2.56 bits per heavy atom. The highest BCUT2D eigenvalue weighted by atomic mass is 32.2. The van der Waals surface area contributed by atoms with Crippen molar-refractivity contribution in [1.29, 1.82) is 5.26 Å². The number of rotatable bonds is 1. The summed E-state index contributed by atoms with van der Waals surface area (Å²) < 4.78 is 0.711. The van der Waals surface area contributed by atoms with Gasteiger partial charge in [0, 0.05) is 22.0 Å². The molecule has 0 aromatic carbocycles. The highest BCUT2D eigenvalue weighted by molar-refractivity contribution is 8.20. The first-order valence-electron chi connectivity index (χ1n) is 2.97. The van der Waals surface area contributed by atoms with Crippen LogP contribution in [-0.4, -0.2) is 15.6 Å². The Morgan fingerprint density at radius 1 is 1.78 bits per heavy atom. The first-order chi connectivity index (χ1) is 4.33. The molecule has 1 rings (SSSR count). The molecule has 0 bridgehead atoms. The van der Waals surface area contributed by atoms with Crippen molar-refractivity contribution in [3.05, 3.63) is 0 Å². The first kappa shape index (κ1) is 7.30. The van der Waals surface area contributed by atoms with Gasteiger partial charge in [-0.05, 0) is 6.92 Å². The third-order valence-electron chi connectivity index (χ3n) is 1.22. The maximum Gasteiger partial charge on any atom is 0.0633 e. The second kappa shape index (κ2) is 3.38. The fraction of sp³-hybridized carbons (Fsp3) is 0.833. The van der Waals surface area contributed by atoms with E-state index in [-0.39, 0.29) is 0 Å². The van der Waals surface area contributed by atoms with Gasteiger partial charge in [0.1, 0.15) is 0 Å². The predicted molar refractivity (Wildman–Crippen MR) is 43.5 cm³/mol. The molecule has 0 amide bonds. The third-order valence-corrected chi connectivity index (χ3v) is 4.34. The van der Waals surface area contributed by atoms with E-state index in [1.54, 1.807) is 0 Å². The molecular weight excluding hydrogens is 150 g/mol. The Kier molecular flexibility index (Phi) is 2.74. The summed E-state index contributed by atoms with van der Waals surface area (Å²) in [5.74, 6) is 1.17. The fourth-order valence-electron chi connectivity index (χ4n) is 0.801. The Bertz CT molecular complexity index is 130. The van der Waals surface area contributed by atoms with Crippen molar-refractivity contribution in [3.63, 3.8) is 0 Å². The second-order valence-electron chi connectivity index (χ2n) is 2.02. The lowest BCUT2D eigenvalue weighted by atomic mass is 10.4. The van der Waals surface area contributed by atoms with Gasteiger partial charge in [0.25, 0.3) is 0 Å². The standard InChI is InChI=1S/C6H9NS2/c1-5-8-4-6(9-5)2-3-7/h5-6H,2,4H2,1H3. The van der Waals surface area contributed by atoms with Gasteiger partial charge >= 0.3 is 0 Å². The molecule has 1 nitrogen and oxygen atoms in total. The Hall–Kier alpha value is 0.190. The molecule has 0 saturated carbocycles. The van der Waals surface area contributed by atoms with Gasteiger partial charge in [0.15, 0.2) is 0 Å². The lowest BCUT2D eigenvalue weighted by Gasteiger charge is -1.99. The zero-order valence-electron chi connectivity index (χ0n) is 5.33. The van der Waals surface area contributed by atoms with Gasteiger partial charge in [-0.15, -0.1) is 23.5 Å². The van der Waals surface area contributed by atoms with E-state index >= 15 is 0 Å². The van der Waals surface area contributed by atoms with Crippen LogP contribution in [0.2, 0.25) is 0 Å². The number of nitriles is 1. The minimum atomic E-state index is 0.606. The van der Waals surface area contributed by atoms with E-state index in [1.165, 1.54) is 5.75 Å². The average Bonchev–Trinajstić information content (AvgIpc) is 2.17. The average molecular weight is 159 g/mol. The van der Waals surface area contributed by atoms with Crippen molar-refractivity contribution in [3.8, 4) is 6.07 Å². The molecule has 0 N–H and O–H groups in total. The van der Waals surface area contributed by atoms with E-state index in [2.05, 4.69) is 13.0 Å². The number of hydrogen-bond acceptors (Lipinski definition) is 3. The lowest BCUT2D eigenvalue weighted by Crippen LogP contribution is -1.97. The van der Waals surface area contributed by atoms with E-state index in [0.29, 0.717) is 9.83 Å². The van der Waals surface area contributed by atoms with Crippen LogP contribution in [-0.2, 0) is 0 Å². The Morgan fingerprint density at radius 3 is 3.00 bits per heavy atom. The van der Waals surface area contributed by atoms with E-state index in [0.717, 1.165) is 6.42 Å². The van der Waals surface area contributed by atoms with Crippen LogP contribution >= 0.6 is 23.5 Å². The summed E-state index contributed by atoms with van der Waals surface area (Å²) in [6, 6.07) is 2.20. The molecule has 3 heteroatoms. The molecule has 0 aromatic heterocycles. The molecular formula is C6H9NS2. The Labute approximate surface area is 64.2 Å². The van der Waals surface area contributed by atoms with Gasteiger partial charge in [0.05, 0.1) is 6.07 Å². The van der Waals surface area contributed by atoms with Crippen molar-refractivity contribution in [2.24, 2.45) is 0 Å². The molecule has 1 fully saturated rings. The molecule has 0 radical (unpaired) electrons. The van der Waals surface area contributed by atoms with Crippen molar-refractivity contribution >= 4 is 23.5 Å². The van der Waals surface area contributed by atoms with Crippen LogP contribution < -0.4 is 0 Å². The van der Waals surface area contributed by atoms with E-state index in [9.17, 15) is 0 Å². The third kappa shape index (κ3) is 2.11. The minimum absolute atomic E-state index is 0.606. The van der Waals surface area contributed by atoms with E-state index < -0.39 is 0 Å². The highest BCUT2D eigenvalue weighted by Crippen LogP contribution is 2.38. The van der Waals surface area contributed by atoms with Crippen molar-refractivity contribution in [2.45, 2.75) is 23.2 Å². The van der Waals surface area contributed by atoms with Crippen LogP contribution in [0.5, 0.6) is 0 Å². The summed E-state index contributed by atoms with van der Waals surface area (Å²) in [7, 11) is 0. The molecule has 50 valence electrons. The molecule has 1 heterocycles. The quantitative estimate of drug-likeness (QED) is 0.585. The predicted octanol–water partition coefficient (Wildman–Crippen LogP) is 2.09. The summed E-state index contributed by atoms with van der Waals surface area (Å²) in [4.78, 5) is 0. The summed E-state index contributed by atoms with van der Waals surface area (Å²) >= 11 is 3.89. The molecule has 1 aliphatic heterocycles. The second-order valence-corrected chi connectivity index (χ2v) is 5.34. The number of nitrogens with zero attached hydrogens (tertiary/aromatic N) is 1. The van der Waals surface area contributed by atoms with Crippen molar-refractivity contribution < 1.29 is 0 Å². The van der Waals surface area contributed by atoms with Crippen LogP contribution in [0.15, 0.2) is 0 Å². The highest BCUT2D eigenvalue weighted by Gasteiger charge is 2.21. The molecule has 0 spiro atoms. The number of thioether (sulfide) groups is 2. The topological polar surface area (TPSA) is 23.8 Å². The molecule has 0 aliphatic carbocycles. The largest absolute Gasteiger partial charge is 0.198 e. The van der Waals surface area contributed by atoms with E-state index in [1.807, 2.05) is 23.5 Å². The minimum Gasteiger partial charge on any atom is -0.198 e. The van der Waals surface area contributed by atoms with Gasteiger partial charge in [-0.2, -0.15) is 5.26 Å². The van der Waals surface area contributed by atoms with Gasteiger partial charge in [-0.3, -0.25) is 0 Å². The van der Waals surface area contributed by atoms with Crippen LogP contribution in [0.4, 0.5) is 0 Å². The molecule has 9 heavy (non-hydrogen) atoms. The molecule has 2 unspecified atom stereocenters. The van der Waals surface area contributed by atoms with Crippen LogP contribution in [0.1, 0.15) is 13.3 Å². The van der Waals surface area contributed by atoms with Crippen molar-refractivity contribution in [1.82, 2.24) is 0 Å². The van der Waals surface area contributed by atoms with Gasteiger partial charge in [-0.1, -0.05) is 0 Å². The van der Waals surface area contributed by atoms with Gasteiger partial charge in [0.2, 0.25) is 0 Å². The number of hydrogen-bond donors (Lipinski definition) is 0. The zero-order chi connectivity index (χ0) is 6.69. The lowest BCUT2D eigenvalue weighted by molar-refractivity contribution is 1.01. The molecule has 1 saturated heterocycles. The van der Waals surface area contributed by atoms with E-state index in [4.69, 9.17) is 5.26 Å². The smallest absolute Gasteiger partial charge is 0.0633 e.